The van der Waals surface area contributed by atoms with Gasteiger partial charge in [-0.3, -0.25) is 0 Å². The van der Waals surface area contributed by atoms with Crippen LogP contribution < -0.4 is 5.32 Å². The minimum absolute atomic E-state index is 0.594. The first-order valence-corrected chi connectivity index (χ1v) is 5.78. The van der Waals surface area contributed by atoms with Crippen molar-refractivity contribution in [2.24, 2.45) is 0 Å². The van der Waals surface area contributed by atoms with Crippen LogP contribution in [0.4, 0.5) is 0 Å². The van der Waals surface area contributed by atoms with Crippen LogP contribution in [-0.2, 0) is 13.1 Å². The Morgan fingerprint density at radius 3 is 2.62 bits per heavy atom. The molecule has 0 amide bonds. The molecule has 84 valence electrons. The first-order chi connectivity index (χ1) is 7.74. The van der Waals surface area contributed by atoms with Crippen LogP contribution in [0.25, 0.3) is 0 Å². The Bertz CT molecular complexity index is 453. The van der Waals surface area contributed by atoms with Gasteiger partial charge in [0, 0.05) is 11.0 Å². The molecule has 1 heterocycles. The van der Waals surface area contributed by atoms with E-state index in [1.165, 1.54) is 5.56 Å². The number of nitrogens with one attached hydrogen (secondary N) is 1. The third kappa shape index (κ3) is 3.15. The molecule has 0 fully saturated rings. The molecule has 0 aliphatic rings. The number of hydrogen-bond acceptors (Lipinski definition) is 4. The summed E-state index contributed by atoms with van der Waals surface area (Å²) in [6.45, 7) is 3.19. The van der Waals surface area contributed by atoms with Gasteiger partial charge in [-0.05, 0) is 24.6 Å². The number of nitrogens with zero attached hydrogens (tertiary/aromatic N) is 2. The van der Waals surface area contributed by atoms with Gasteiger partial charge in [-0.25, -0.2) is 0 Å². The van der Waals surface area contributed by atoms with Crippen molar-refractivity contribution in [1.82, 2.24) is 15.5 Å². The molecule has 0 unspecified atom stereocenters. The van der Waals surface area contributed by atoms with Crippen molar-refractivity contribution in [3.8, 4) is 0 Å². The molecule has 0 atom stereocenters. The molecule has 2 rings (SSSR count). The SMILES string of the molecule is Cc1noc(CNCc2ccc(Br)cc2)n1. The standard InChI is InChI=1S/C11H12BrN3O/c1-8-14-11(16-15-8)7-13-6-9-2-4-10(12)5-3-9/h2-5,13H,6-7H2,1H3. The fourth-order valence-corrected chi connectivity index (χ4v) is 1.59. The van der Waals surface area contributed by atoms with E-state index in [0.29, 0.717) is 18.3 Å². The highest BCUT2D eigenvalue weighted by Gasteiger charge is 2.01. The van der Waals surface area contributed by atoms with Gasteiger partial charge in [0.05, 0.1) is 6.54 Å². The number of halogens is 1. The van der Waals surface area contributed by atoms with Gasteiger partial charge in [0.2, 0.25) is 5.89 Å². The summed E-state index contributed by atoms with van der Waals surface area (Å²) in [5.41, 5.74) is 1.22. The van der Waals surface area contributed by atoms with E-state index in [1.807, 2.05) is 19.1 Å². The molecule has 1 aromatic heterocycles. The highest BCUT2D eigenvalue weighted by molar-refractivity contribution is 9.10. The summed E-state index contributed by atoms with van der Waals surface area (Å²) in [7, 11) is 0. The number of aromatic nitrogens is 2. The van der Waals surface area contributed by atoms with Crippen molar-refractivity contribution in [3.05, 3.63) is 46.0 Å². The van der Waals surface area contributed by atoms with E-state index in [0.717, 1.165) is 11.0 Å². The van der Waals surface area contributed by atoms with Crippen LogP contribution in [0.1, 0.15) is 17.3 Å². The first-order valence-electron chi connectivity index (χ1n) is 4.98. The number of aryl methyl sites for hydroxylation is 1. The lowest BCUT2D eigenvalue weighted by Crippen LogP contribution is -2.12. The molecule has 0 bridgehead atoms. The van der Waals surface area contributed by atoms with Crippen LogP contribution in [-0.4, -0.2) is 10.1 Å². The lowest BCUT2D eigenvalue weighted by molar-refractivity contribution is 0.364. The lowest BCUT2D eigenvalue weighted by Gasteiger charge is -2.01. The van der Waals surface area contributed by atoms with Crippen molar-refractivity contribution in [2.45, 2.75) is 20.0 Å². The van der Waals surface area contributed by atoms with Crippen LogP contribution in [0, 0.1) is 6.92 Å². The summed E-state index contributed by atoms with van der Waals surface area (Å²) in [4.78, 5) is 4.11. The Labute approximate surface area is 102 Å². The largest absolute Gasteiger partial charge is 0.338 e. The average Bonchev–Trinajstić information content (AvgIpc) is 2.67. The fraction of sp³-hybridized carbons (Fsp3) is 0.273. The van der Waals surface area contributed by atoms with Crippen molar-refractivity contribution < 1.29 is 4.52 Å². The van der Waals surface area contributed by atoms with Crippen molar-refractivity contribution in [1.29, 1.82) is 0 Å². The second-order valence-electron chi connectivity index (χ2n) is 3.47. The van der Waals surface area contributed by atoms with Crippen LogP contribution in [0.15, 0.2) is 33.3 Å². The minimum atomic E-state index is 0.594. The third-order valence-electron chi connectivity index (χ3n) is 2.09. The molecule has 0 radical (unpaired) electrons. The molecule has 5 heteroatoms. The zero-order chi connectivity index (χ0) is 11.4. The van der Waals surface area contributed by atoms with E-state index < -0.39 is 0 Å². The maximum Gasteiger partial charge on any atom is 0.240 e. The van der Waals surface area contributed by atoms with E-state index in [9.17, 15) is 0 Å². The first kappa shape index (κ1) is 11.3. The van der Waals surface area contributed by atoms with Gasteiger partial charge in [-0.15, -0.1) is 0 Å². The quantitative estimate of drug-likeness (QED) is 0.935. The van der Waals surface area contributed by atoms with Gasteiger partial charge in [0.25, 0.3) is 0 Å². The Morgan fingerprint density at radius 2 is 2.00 bits per heavy atom. The molecule has 0 saturated heterocycles. The highest BCUT2D eigenvalue weighted by atomic mass is 79.9. The molecule has 1 N–H and O–H groups in total. The van der Waals surface area contributed by atoms with Crippen molar-refractivity contribution in [3.63, 3.8) is 0 Å². The van der Waals surface area contributed by atoms with Gasteiger partial charge < -0.3 is 9.84 Å². The van der Waals surface area contributed by atoms with Gasteiger partial charge >= 0.3 is 0 Å². The lowest BCUT2D eigenvalue weighted by atomic mass is 10.2. The molecule has 0 aliphatic carbocycles. The summed E-state index contributed by atoms with van der Waals surface area (Å²) in [6.07, 6.45) is 0. The average molecular weight is 282 g/mol. The van der Waals surface area contributed by atoms with Gasteiger partial charge in [-0.2, -0.15) is 4.98 Å². The summed E-state index contributed by atoms with van der Waals surface area (Å²) in [6, 6.07) is 8.17. The predicted octanol–water partition coefficient (Wildman–Crippen LogP) is 2.43. The van der Waals surface area contributed by atoms with E-state index in [1.54, 1.807) is 0 Å². The summed E-state index contributed by atoms with van der Waals surface area (Å²) < 4.78 is 6.08. The molecule has 0 saturated carbocycles. The molecule has 0 aliphatic heterocycles. The molecule has 16 heavy (non-hydrogen) atoms. The molecular formula is C11H12BrN3O. The second-order valence-corrected chi connectivity index (χ2v) is 4.38. The summed E-state index contributed by atoms with van der Waals surface area (Å²) in [5.74, 6) is 1.29. The second kappa shape index (κ2) is 5.23. The Kier molecular flexibility index (Phi) is 3.69. The Hall–Kier alpha value is -1.20. The molecule has 0 spiro atoms. The zero-order valence-electron chi connectivity index (χ0n) is 8.90. The fourth-order valence-electron chi connectivity index (χ4n) is 1.33. The molecular weight excluding hydrogens is 270 g/mol. The predicted molar refractivity (Wildman–Crippen MR) is 63.7 cm³/mol. The molecule has 2 aromatic rings. The maximum atomic E-state index is 4.99. The maximum absolute atomic E-state index is 4.99. The third-order valence-corrected chi connectivity index (χ3v) is 2.62. The highest BCUT2D eigenvalue weighted by Crippen LogP contribution is 2.10. The van der Waals surface area contributed by atoms with Crippen molar-refractivity contribution >= 4 is 15.9 Å². The Balaban J connectivity index is 1.82. The molecule has 1 aromatic carbocycles. The van der Waals surface area contributed by atoms with E-state index >= 15 is 0 Å². The van der Waals surface area contributed by atoms with Gasteiger partial charge in [0.15, 0.2) is 5.82 Å². The van der Waals surface area contributed by atoms with E-state index in [-0.39, 0.29) is 0 Å². The monoisotopic (exact) mass is 281 g/mol. The minimum Gasteiger partial charge on any atom is -0.338 e. The number of hydrogen-bond donors (Lipinski definition) is 1. The number of rotatable bonds is 4. The van der Waals surface area contributed by atoms with Crippen LogP contribution in [0.3, 0.4) is 0 Å². The van der Waals surface area contributed by atoms with Crippen LogP contribution >= 0.6 is 15.9 Å². The van der Waals surface area contributed by atoms with E-state index in [4.69, 9.17) is 4.52 Å². The normalized spacial score (nSPS) is 10.6. The summed E-state index contributed by atoms with van der Waals surface area (Å²) >= 11 is 3.40. The molecule has 4 nitrogen and oxygen atoms in total. The van der Waals surface area contributed by atoms with Crippen LogP contribution in [0.5, 0.6) is 0 Å². The topological polar surface area (TPSA) is 51.0 Å². The van der Waals surface area contributed by atoms with Crippen LogP contribution in [0.2, 0.25) is 0 Å². The van der Waals surface area contributed by atoms with Gasteiger partial charge in [0.1, 0.15) is 0 Å². The van der Waals surface area contributed by atoms with Crippen molar-refractivity contribution in [2.75, 3.05) is 0 Å². The Morgan fingerprint density at radius 1 is 1.25 bits per heavy atom. The zero-order valence-corrected chi connectivity index (χ0v) is 10.5. The van der Waals surface area contributed by atoms with E-state index in [2.05, 4.69) is 43.5 Å². The number of benzene rings is 1. The van der Waals surface area contributed by atoms with Gasteiger partial charge in [-0.1, -0.05) is 33.2 Å². The smallest absolute Gasteiger partial charge is 0.240 e. The summed E-state index contributed by atoms with van der Waals surface area (Å²) in [5, 5.41) is 6.96.